The number of nitrogens with zero attached hydrogens (tertiary/aromatic N) is 1. The number of rotatable bonds is 4. The predicted molar refractivity (Wildman–Crippen MR) is 81.9 cm³/mol. The van der Waals surface area contributed by atoms with Crippen molar-refractivity contribution in [3.8, 4) is 0 Å². The zero-order chi connectivity index (χ0) is 15.4. The van der Waals surface area contributed by atoms with Gasteiger partial charge in [-0.3, -0.25) is 14.9 Å². The first-order valence-electron chi connectivity index (χ1n) is 6.35. The van der Waals surface area contributed by atoms with Crippen molar-refractivity contribution < 1.29 is 9.72 Å². The molecule has 0 aliphatic heterocycles. The monoisotopic (exact) mass is 285 g/mol. The number of benzene rings is 2. The van der Waals surface area contributed by atoms with Crippen LogP contribution in [0.3, 0.4) is 0 Å². The molecular weight excluding hydrogens is 270 g/mol. The summed E-state index contributed by atoms with van der Waals surface area (Å²) in [6, 6.07) is 12.0. The number of hydrogen-bond donors (Lipinski definition) is 2. The Labute approximate surface area is 121 Å². The Morgan fingerprint density at radius 3 is 2.33 bits per heavy atom. The molecule has 0 aliphatic rings. The highest BCUT2D eigenvalue weighted by Crippen LogP contribution is 2.29. The zero-order valence-corrected chi connectivity index (χ0v) is 11.7. The summed E-state index contributed by atoms with van der Waals surface area (Å²) in [4.78, 5) is 21.6. The van der Waals surface area contributed by atoms with Crippen LogP contribution in [0.2, 0.25) is 0 Å². The van der Waals surface area contributed by atoms with Gasteiger partial charge in [-0.15, -0.1) is 0 Å². The van der Waals surface area contributed by atoms with Crippen LogP contribution in [-0.4, -0.2) is 10.8 Å². The third-order valence-electron chi connectivity index (χ3n) is 2.86. The van der Waals surface area contributed by atoms with Crippen LogP contribution in [-0.2, 0) is 4.79 Å². The molecule has 1 amide bonds. The predicted octanol–water partition coefficient (Wildman–Crippen LogP) is 3.61. The summed E-state index contributed by atoms with van der Waals surface area (Å²) in [5.74, 6) is -0.289. The molecule has 0 spiro atoms. The Kier molecular flexibility index (Phi) is 4.18. The number of amides is 1. The smallest absolute Gasteiger partial charge is 0.271 e. The second kappa shape index (κ2) is 6.04. The molecule has 2 rings (SSSR count). The highest BCUT2D eigenvalue weighted by molar-refractivity contribution is 5.94. The molecule has 0 aromatic heterocycles. The Morgan fingerprint density at radius 2 is 1.76 bits per heavy atom. The molecule has 0 unspecified atom stereocenters. The summed E-state index contributed by atoms with van der Waals surface area (Å²) in [5.41, 5.74) is 2.86. The molecule has 2 N–H and O–H groups in total. The molecule has 2 aromatic carbocycles. The zero-order valence-electron chi connectivity index (χ0n) is 11.7. The minimum atomic E-state index is -0.499. The molecule has 21 heavy (non-hydrogen) atoms. The second-order valence-corrected chi connectivity index (χ2v) is 4.66. The van der Waals surface area contributed by atoms with E-state index in [1.54, 1.807) is 6.07 Å². The van der Waals surface area contributed by atoms with E-state index in [-0.39, 0.29) is 11.6 Å². The van der Waals surface area contributed by atoms with Gasteiger partial charge in [-0.25, -0.2) is 0 Å². The third-order valence-corrected chi connectivity index (χ3v) is 2.86. The minimum Gasteiger partial charge on any atom is -0.354 e. The number of anilines is 3. The maximum atomic E-state index is 11.2. The van der Waals surface area contributed by atoms with E-state index in [0.29, 0.717) is 11.4 Å². The quantitative estimate of drug-likeness (QED) is 0.664. The lowest BCUT2D eigenvalue weighted by molar-refractivity contribution is -0.384. The average Bonchev–Trinajstić information content (AvgIpc) is 2.42. The highest BCUT2D eigenvalue weighted by Gasteiger charge is 2.12. The number of nitro benzene ring substituents is 1. The van der Waals surface area contributed by atoms with Crippen LogP contribution >= 0.6 is 0 Å². The van der Waals surface area contributed by atoms with E-state index in [9.17, 15) is 14.9 Å². The molecular formula is C15H15N3O3. The maximum Gasteiger partial charge on any atom is 0.271 e. The van der Waals surface area contributed by atoms with E-state index in [1.165, 1.54) is 19.1 Å². The number of carbonyl (C=O) groups is 1. The first-order chi connectivity index (χ1) is 9.95. The van der Waals surface area contributed by atoms with Crippen molar-refractivity contribution >= 4 is 28.7 Å². The van der Waals surface area contributed by atoms with Crippen molar-refractivity contribution in [2.45, 2.75) is 13.8 Å². The van der Waals surface area contributed by atoms with Gasteiger partial charge in [0.15, 0.2) is 0 Å². The first-order valence-corrected chi connectivity index (χ1v) is 6.35. The fourth-order valence-electron chi connectivity index (χ4n) is 1.84. The van der Waals surface area contributed by atoms with Crippen molar-refractivity contribution in [1.82, 2.24) is 0 Å². The van der Waals surface area contributed by atoms with Crippen LogP contribution in [0, 0.1) is 17.0 Å². The van der Waals surface area contributed by atoms with Gasteiger partial charge in [-0.2, -0.15) is 0 Å². The lowest BCUT2D eigenvalue weighted by Gasteiger charge is -2.12. The molecule has 0 fully saturated rings. The Morgan fingerprint density at radius 1 is 1.10 bits per heavy atom. The van der Waals surface area contributed by atoms with Gasteiger partial charge in [-0.1, -0.05) is 17.7 Å². The lowest BCUT2D eigenvalue weighted by atomic mass is 10.2. The Balaban J connectivity index is 2.34. The van der Waals surface area contributed by atoms with Crippen molar-refractivity contribution in [3.05, 3.63) is 58.1 Å². The molecule has 0 aliphatic carbocycles. The van der Waals surface area contributed by atoms with Gasteiger partial charge in [0.05, 0.1) is 16.3 Å². The summed E-state index contributed by atoms with van der Waals surface area (Å²) in [6.07, 6.45) is 0. The number of hydrogen-bond acceptors (Lipinski definition) is 4. The summed E-state index contributed by atoms with van der Waals surface area (Å²) in [7, 11) is 0. The van der Waals surface area contributed by atoms with Gasteiger partial charge in [0.25, 0.3) is 5.69 Å². The Bertz CT molecular complexity index is 681. The molecule has 0 saturated carbocycles. The molecule has 0 saturated heterocycles. The fraction of sp³-hybridized carbons (Fsp3) is 0.133. The molecule has 6 heteroatoms. The van der Waals surface area contributed by atoms with Crippen LogP contribution in [0.1, 0.15) is 12.5 Å². The van der Waals surface area contributed by atoms with E-state index in [4.69, 9.17) is 0 Å². The fourth-order valence-corrected chi connectivity index (χ4v) is 1.84. The third kappa shape index (κ3) is 3.79. The first kappa shape index (κ1) is 14.5. The Hall–Kier alpha value is -2.89. The SMILES string of the molecule is CC(=O)Nc1cc([N+](=O)[O-])ccc1Nc1ccc(C)cc1. The summed E-state index contributed by atoms with van der Waals surface area (Å²) < 4.78 is 0. The summed E-state index contributed by atoms with van der Waals surface area (Å²) >= 11 is 0. The van der Waals surface area contributed by atoms with Crippen LogP contribution in [0.25, 0.3) is 0 Å². The number of non-ortho nitro benzene ring substituents is 1. The number of nitro groups is 1. The molecule has 6 nitrogen and oxygen atoms in total. The van der Waals surface area contributed by atoms with E-state index in [2.05, 4.69) is 10.6 Å². The van der Waals surface area contributed by atoms with Gasteiger partial charge in [-0.05, 0) is 25.1 Å². The molecule has 0 atom stereocenters. The molecule has 0 radical (unpaired) electrons. The normalized spacial score (nSPS) is 10.0. The number of nitrogens with one attached hydrogen (secondary N) is 2. The van der Waals surface area contributed by atoms with Gasteiger partial charge in [0.2, 0.25) is 5.91 Å². The molecule has 0 heterocycles. The van der Waals surface area contributed by atoms with Crippen LogP contribution in [0.5, 0.6) is 0 Å². The summed E-state index contributed by atoms with van der Waals surface area (Å²) in [6.45, 7) is 3.34. The van der Waals surface area contributed by atoms with Gasteiger partial charge >= 0.3 is 0 Å². The van der Waals surface area contributed by atoms with Crippen molar-refractivity contribution in [2.75, 3.05) is 10.6 Å². The van der Waals surface area contributed by atoms with Gasteiger partial charge in [0.1, 0.15) is 0 Å². The molecule has 2 aromatic rings. The van der Waals surface area contributed by atoms with Crippen LogP contribution < -0.4 is 10.6 Å². The molecule has 108 valence electrons. The average molecular weight is 285 g/mol. The standard InChI is InChI=1S/C15H15N3O3/c1-10-3-5-12(6-4-10)17-14-8-7-13(18(20)21)9-15(14)16-11(2)19/h3-9,17H,1-2H3,(H,16,19). The van der Waals surface area contributed by atoms with Crippen LogP contribution in [0.15, 0.2) is 42.5 Å². The van der Waals surface area contributed by atoms with E-state index >= 15 is 0 Å². The number of aryl methyl sites for hydroxylation is 1. The summed E-state index contributed by atoms with van der Waals surface area (Å²) in [5, 5.41) is 16.5. The second-order valence-electron chi connectivity index (χ2n) is 4.66. The van der Waals surface area contributed by atoms with Gasteiger partial charge < -0.3 is 10.6 Å². The van der Waals surface area contributed by atoms with Crippen LogP contribution in [0.4, 0.5) is 22.7 Å². The van der Waals surface area contributed by atoms with E-state index in [1.807, 2.05) is 31.2 Å². The van der Waals surface area contributed by atoms with Crippen molar-refractivity contribution in [2.24, 2.45) is 0 Å². The topological polar surface area (TPSA) is 84.3 Å². The highest BCUT2D eigenvalue weighted by atomic mass is 16.6. The van der Waals surface area contributed by atoms with Crippen molar-refractivity contribution in [1.29, 1.82) is 0 Å². The van der Waals surface area contributed by atoms with Gasteiger partial charge in [0, 0.05) is 24.7 Å². The van der Waals surface area contributed by atoms with E-state index in [0.717, 1.165) is 11.3 Å². The van der Waals surface area contributed by atoms with Crippen molar-refractivity contribution in [3.63, 3.8) is 0 Å². The minimum absolute atomic E-state index is 0.0757. The van der Waals surface area contributed by atoms with E-state index < -0.39 is 4.92 Å². The maximum absolute atomic E-state index is 11.2. The largest absolute Gasteiger partial charge is 0.354 e. The lowest BCUT2D eigenvalue weighted by Crippen LogP contribution is -2.08. The molecule has 0 bridgehead atoms. The number of carbonyl (C=O) groups excluding carboxylic acids is 1.